The smallest absolute Gasteiger partial charge is 0.130 e. The predicted molar refractivity (Wildman–Crippen MR) is 248 cm³/mol. The van der Waals surface area contributed by atoms with Crippen molar-refractivity contribution in [2.24, 2.45) is 0 Å². The van der Waals surface area contributed by atoms with E-state index in [-0.39, 0.29) is 0 Å². The molecular weight excluding hydrogens is 737 g/mol. The first-order valence-electron chi connectivity index (χ1n) is 19.9. The summed E-state index contributed by atoms with van der Waals surface area (Å²) in [7, 11) is 0. The molecule has 3 aromatic heterocycles. The Morgan fingerprint density at radius 1 is 0.271 bits per heavy atom. The summed E-state index contributed by atoms with van der Waals surface area (Å²) >= 11 is 1.27. The number of nitrogens with zero attached hydrogens (tertiary/aromatic N) is 4. The van der Waals surface area contributed by atoms with Crippen LogP contribution in [0.5, 0.6) is 0 Å². The van der Waals surface area contributed by atoms with Gasteiger partial charge in [-0.15, -0.1) is 0 Å². The molecule has 5 heteroatoms. The van der Waals surface area contributed by atoms with Gasteiger partial charge in [0, 0.05) is 21.5 Å². The highest BCUT2D eigenvalue weighted by Crippen LogP contribution is 2.42. The molecule has 4 nitrogen and oxygen atoms in total. The third-order valence-corrected chi connectivity index (χ3v) is 12.3. The lowest BCUT2D eigenvalue weighted by Gasteiger charge is -2.13. The van der Waals surface area contributed by atoms with Crippen molar-refractivity contribution in [3.05, 3.63) is 206 Å². The van der Waals surface area contributed by atoms with Gasteiger partial charge in [-0.2, -0.15) is 8.75 Å². The summed E-state index contributed by atoms with van der Waals surface area (Å²) in [4.78, 5) is 0. The highest BCUT2D eigenvalue weighted by Gasteiger charge is 2.22. The van der Waals surface area contributed by atoms with E-state index in [0.717, 1.165) is 44.5 Å². The van der Waals surface area contributed by atoms with Gasteiger partial charge in [-0.25, -0.2) is 0 Å². The van der Waals surface area contributed by atoms with Gasteiger partial charge in [-0.1, -0.05) is 146 Å². The fourth-order valence-corrected chi connectivity index (χ4v) is 9.57. The van der Waals surface area contributed by atoms with Crippen molar-refractivity contribution in [2.45, 2.75) is 0 Å². The molecule has 0 spiro atoms. The first-order chi connectivity index (χ1) is 29.3. The Kier molecular flexibility index (Phi) is 7.68. The molecule has 0 aliphatic heterocycles. The topological polar surface area (TPSA) is 35.6 Å². The molecule has 12 aromatic rings. The second-order valence-corrected chi connectivity index (χ2v) is 15.7. The van der Waals surface area contributed by atoms with E-state index in [1.807, 2.05) is 0 Å². The zero-order valence-electron chi connectivity index (χ0n) is 31.8. The molecule has 276 valence electrons. The van der Waals surface area contributed by atoms with Crippen LogP contribution in [0.15, 0.2) is 206 Å². The van der Waals surface area contributed by atoms with E-state index in [1.165, 1.54) is 77.8 Å². The third-order valence-electron chi connectivity index (χ3n) is 11.8. The number of benzene rings is 9. The Morgan fingerprint density at radius 3 is 0.814 bits per heavy atom. The van der Waals surface area contributed by atoms with Crippen LogP contribution in [0.1, 0.15) is 0 Å². The summed E-state index contributed by atoms with van der Waals surface area (Å²) in [6.45, 7) is 0. The van der Waals surface area contributed by atoms with Crippen LogP contribution in [0.4, 0.5) is 0 Å². The van der Waals surface area contributed by atoms with Gasteiger partial charge in [0.25, 0.3) is 0 Å². The summed E-state index contributed by atoms with van der Waals surface area (Å²) < 4.78 is 14.9. The van der Waals surface area contributed by atoms with E-state index in [4.69, 9.17) is 8.75 Å². The van der Waals surface area contributed by atoms with Crippen LogP contribution in [-0.4, -0.2) is 17.9 Å². The average Bonchev–Trinajstić information content (AvgIpc) is 4.03. The van der Waals surface area contributed by atoms with Crippen LogP contribution in [0.2, 0.25) is 0 Å². The van der Waals surface area contributed by atoms with E-state index in [1.54, 1.807) is 0 Å². The minimum atomic E-state index is 0.877. The largest absolute Gasteiger partial charge is 0.307 e. The van der Waals surface area contributed by atoms with E-state index in [0.29, 0.717) is 0 Å². The van der Waals surface area contributed by atoms with Crippen molar-refractivity contribution < 1.29 is 0 Å². The SMILES string of the molecule is c1ccc(-c2ccc3c(c2)c2cc(-c4ccccc4)ccc2n3-c2ccc(-n3c4ccc(-c5ccccc5)cc4c4cc(-c5ccccc5)ccc43)c3nsnc23)cc1. The molecule has 9 aromatic carbocycles. The number of hydrogen-bond acceptors (Lipinski definition) is 3. The second-order valence-electron chi connectivity index (χ2n) is 15.1. The summed E-state index contributed by atoms with van der Waals surface area (Å²) in [5, 5.41) is 4.80. The molecule has 0 bridgehead atoms. The molecule has 3 heterocycles. The van der Waals surface area contributed by atoms with Gasteiger partial charge < -0.3 is 9.13 Å². The van der Waals surface area contributed by atoms with Crippen molar-refractivity contribution in [2.75, 3.05) is 0 Å². The maximum absolute atomic E-state index is 5.05. The summed E-state index contributed by atoms with van der Waals surface area (Å²) in [5.41, 5.74) is 17.8. The first kappa shape index (κ1) is 33.5. The molecule has 0 N–H and O–H groups in total. The monoisotopic (exact) mass is 770 g/mol. The van der Waals surface area contributed by atoms with Crippen molar-refractivity contribution in [1.29, 1.82) is 0 Å². The summed E-state index contributed by atoms with van der Waals surface area (Å²) in [6, 6.07) is 74.4. The highest BCUT2D eigenvalue weighted by molar-refractivity contribution is 7.00. The van der Waals surface area contributed by atoms with Crippen LogP contribution in [0.3, 0.4) is 0 Å². The first-order valence-corrected chi connectivity index (χ1v) is 20.6. The zero-order valence-corrected chi connectivity index (χ0v) is 32.6. The van der Waals surface area contributed by atoms with Gasteiger partial charge >= 0.3 is 0 Å². The average molecular weight is 771 g/mol. The minimum absolute atomic E-state index is 0.877. The Labute approximate surface area is 344 Å². The van der Waals surface area contributed by atoms with Crippen LogP contribution < -0.4 is 0 Å². The van der Waals surface area contributed by atoms with E-state index in [9.17, 15) is 0 Å². The standard InChI is InChI=1S/C54H34N4S/c1-5-13-35(14-6-1)39-21-25-47-43(31-39)44-32-40(36-15-7-2-8-16-36)22-26-48(44)57(47)51-29-30-52(54-53(51)55-59-56-54)58-49-27-23-41(37-17-9-3-10-18-37)33-45(49)46-34-42(24-28-50(46)58)38-19-11-4-12-20-38/h1-34H. The highest BCUT2D eigenvalue weighted by atomic mass is 32.1. The van der Waals surface area contributed by atoms with Crippen LogP contribution in [0.25, 0.3) is 111 Å². The van der Waals surface area contributed by atoms with Gasteiger partial charge in [-0.3, -0.25) is 0 Å². The molecule has 0 saturated carbocycles. The molecule has 0 amide bonds. The van der Waals surface area contributed by atoms with Gasteiger partial charge in [0.2, 0.25) is 0 Å². The number of aromatic nitrogens is 4. The lowest BCUT2D eigenvalue weighted by Crippen LogP contribution is -2.00. The Hall–Kier alpha value is -7.60. The van der Waals surface area contributed by atoms with Crippen LogP contribution in [0, 0.1) is 0 Å². The third kappa shape index (κ3) is 5.43. The number of fused-ring (bicyclic) bond motifs is 7. The fraction of sp³-hybridized carbons (Fsp3) is 0. The summed E-state index contributed by atoms with van der Waals surface area (Å²) in [6.07, 6.45) is 0. The quantitative estimate of drug-likeness (QED) is 0.169. The lowest BCUT2D eigenvalue weighted by molar-refractivity contribution is 1.16. The molecule has 0 atom stereocenters. The number of hydrogen-bond donors (Lipinski definition) is 0. The zero-order chi connectivity index (χ0) is 38.9. The summed E-state index contributed by atoms with van der Waals surface area (Å²) in [5.74, 6) is 0. The molecule has 0 aliphatic carbocycles. The second kappa shape index (κ2) is 13.5. The van der Waals surface area contributed by atoms with Gasteiger partial charge in [0.15, 0.2) is 0 Å². The van der Waals surface area contributed by atoms with Crippen LogP contribution in [-0.2, 0) is 0 Å². The van der Waals surface area contributed by atoms with Crippen molar-refractivity contribution in [3.8, 4) is 55.9 Å². The molecule has 0 radical (unpaired) electrons. The minimum Gasteiger partial charge on any atom is -0.307 e. The molecular formula is C54H34N4S. The molecule has 12 rings (SSSR count). The number of rotatable bonds is 6. The van der Waals surface area contributed by atoms with Gasteiger partial charge in [-0.05, 0) is 105 Å². The van der Waals surface area contributed by atoms with Crippen LogP contribution >= 0.6 is 11.7 Å². The molecule has 0 fully saturated rings. The Morgan fingerprint density at radius 2 is 0.542 bits per heavy atom. The van der Waals surface area contributed by atoms with Crippen molar-refractivity contribution >= 4 is 66.4 Å². The van der Waals surface area contributed by atoms with E-state index in [2.05, 4.69) is 215 Å². The van der Waals surface area contributed by atoms with Crippen molar-refractivity contribution in [3.63, 3.8) is 0 Å². The maximum atomic E-state index is 5.05. The molecule has 0 aliphatic rings. The molecule has 0 unspecified atom stereocenters. The Balaban J connectivity index is 1.09. The van der Waals surface area contributed by atoms with E-state index < -0.39 is 0 Å². The van der Waals surface area contributed by atoms with Gasteiger partial charge in [0.1, 0.15) is 11.0 Å². The van der Waals surface area contributed by atoms with Crippen molar-refractivity contribution in [1.82, 2.24) is 17.9 Å². The fourth-order valence-electron chi connectivity index (χ4n) is 9.01. The maximum Gasteiger partial charge on any atom is 0.130 e. The predicted octanol–water partition coefficient (Wildman–Crippen LogP) is 14.6. The lowest BCUT2D eigenvalue weighted by atomic mass is 10.0. The van der Waals surface area contributed by atoms with Gasteiger partial charge in [0.05, 0.1) is 45.2 Å². The molecule has 59 heavy (non-hydrogen) atoms. The molecule has 0 saturated heterocycles. The Bertz CT molecular complexity index is 3100. The van der Waals surface area contributed by atoms with E-state index >= 15 is 0 Å². The normalized spacial score (nSPS) is 11.7.